The second kappa shape index (κ2) is 11.7. The van der Waals surface area contributed by atoms with Gasteiger partial charge in [0.1, 0.15) is 0 Å². The van der Waals surface area contributed by atoms with Gasteiger partial charge in [-0.05, 0) is 109 Å². The van der Waals surface area contributed by atoms with Gasteiger partial charge < -0.3 is 4.90 Å². The Morgan fingerprint density at radius 2 is 0.868 bits per heavy atom. The molecule has 2 aliphatic carbocycles. The largest absolute Gasteiger partial charge is 0.310 e. The third-order valence-corrected chi connectivity index (χ3v) is 12.1. The highest BCUT2D eigenvalue weighted by molar-refractivity contribution is 5.99. The van der Waals surface area contributed by atoms with Crippen LogP contribution in [0.3, 0.4) is 0 Å². The van der Waals surface area contributed by atoms with Gasteiger partial charge in [-0.25, -0.2) is 0 Å². The van der Waals surface area contributed by atoms with Crippen molar-refractivity contribution in [3.05, 3.63) is 198 Å². The number of rotatable bonds is 5. The van der Waals surface area contributed by atoms with Crippen LogP contribution in [0.5, 0.6) is 0 Å². The highest BCUT2D eigenvalue weighted by Gasteiger charge is 2.37. The van der Waals surface area contributed by atoms with Gasteiger partial charge in [0, 0.05) is 27.6 Å². The van der Waals surface area contributed by atoms with Crippen molar-refractivity contribution in [1.82, 2.24) is 0 Å². The first kappa shape index (κ1) is 31.5. The van der Waals surface area contributed by atoms with Gasteiger partial charge in [-0.1, -0.05) is 167 Å². The zero-order valence-corrected chi connectivity index (χ0v) is 30.7. The summed E-state index contributed by atoms with van der Waals surface area (Å²) in [7, 11) is 0. The van der Waals surface area contributed by atoms with Crippen LogP contribution >= 0.6 is 0 Å². The molecule has 0 fully saturated rings. The van der Waals surface area contributed by atoms with Crippen molar-refractivity contribution in [3.8, 4) is 44.5 Å². The topological polar surface area (TPSA) is 3.24 Å². The summed E-state index contributed by atoms with van der Waals surface area (Å²) in [5, 5.41) is 2.45. The standard InChI is InChI=1S/C52H41N/c1-51(2)46-20-9-8-17-43(46)45-33-37(27-32-48(45)51)34-23-28-38(29-24-34)53(49-22-11-14-35-13-5-6-15-40(35)49)39-30-25-36(26-31-39)41-18-12-19-44-42-16-7-10-21-47(42)52(3,4)50(41)44/h5-33H,1-4H3. The number of nitrogens with zero attached hydrogens (tertiary/aromatic N) is 1. The van der Waals surface area contributed by atoms with Crippen LogP contribution in [-0.4, -0.2) is 0 Å². The minimum absolute atomic E-state index is 0.00454. The molecule has 53 heavy (non-hydrogen) atoms. The molecule has 254 valence electrons. The number of benzene rings is 8. The van der Waals surface area contributed by atoms with Gasteiger partial charge in [-0.3, -0.25) is 0 Å². The summed E-state index contributed by atoms with van der Waals surface area (Å²) >= 11 is 0. The fourth-order valence-electron chi connectivity index (χ4n) is 9.41. The van der Waals surface area contributed by atoms with Crippen molar-refractivity contribution < 1.29 is 0 Å². The fraction of sp³-hybridized carbons (Fsp3) is 0.115. The van der Waals surface area contributed by atoms with Crippen LogP contribution in [0.15, 0.2) is 176 Å². The fourth-order valence-corrected chi connectivity index (χ4v) is 9.41. The van der Waals surface area contributed by atoms with Crippen molar-refractivity contribution in [1.29, 1.82) is 0 Å². The molecule has 10 rings (SSSR count). The molecular weight excluding hydrogens is 639 g/mol. The Kier molecular flexibility index (Phi) is 6.94. The Labute approximate surface area is 312 Å². The van der Waals surface area contributed by atoms with Crippen molar-refractivity contribution in [2.45, 2.75) is 38.5 Å². The minimum atomic E-state index is -0.0731. The highest BCUT2D eigenvalue weighted by Crippen LogP contribution is 2.53. The molecule has 0 aromatic heterocycles. The van der Waals surface area contributed by atoms with Crippen LogP contribution in [0.25, 0.3) is 55.3 Å². The lowest BCUT2D eigenvalue weighted by Crippen LogP contribution is -2.16. The quantitative estimate of drug-likeness (QED) is 0.175. The van der Waals surface area contributed by atoms with E-state index in [1.54, 1.807) is 0 Å². The van der Waals surface area contributed by atoms with Crippen molar-refractivity contribution in [3.63, 3.8) is 0 Å². The van der Waals surface area contributed by atoms with Gasteiger partial charge in [-0.15, -0.1) is 0 Å². The van der Waals surface area contributed by atoms with Gasteiger partial charge in [0.05, 0.1) is 5.69 Å². The molecular formula is C52H41N. The van der Waals surface area contributed by atoms with Crippen LogP contribution in [-0.2, 0) is 10.8 Å². The predicted molar refractivity (Wildman–Crippen MR) is 225 cm³/mol. The van der Waals surface area contributed by atoms with Gasteiger partial charge in [0.15, 0.2) is 0 Å². The molecule has 0 bridgehead atoms. The zero-order valence-electron chi connectivity index (χ0n) is 30.7. The molecule has 1 heteroatoms. The van der Waals surface area contributed by atoms with Gasteiger partial charge in [0.2, 0.25) is 0 Å². The summed E-state index contributed by atoms with van der Waals surface area (Å²) in [6.07, 6.45) is 0. The molecule has 0 radical (unpaired) electrons. The molecule has 0 spiro atoms. The molecule has 8 aromatic carbocycles. The molecule has 0 N–H and O–H groups in total. The third-order valence-electron chi connectivity index (χ3n) is 12.1. The molecule has 2 aliphatic rings. The second-order valence-electron chi connectivity index (χ2n) is 15.8. The summed E-state index contributed by atoms with van der Waals surface area (Å²) in [6.45, 7) is 9.41. The first-order valence-corrected chi connectivity index (χ1v) is 18.8. The van der Waals surface area contributed by atoms with E-state index in [2.05, 4.69) is 209 Å². The number of hydrogen-bond donors (Lipinski definition) is 0. The lowest BCUT2D eigenvalue weighted by molar-refractivity contribution is 0.660. The summed E-state index contributed by atoms with van der Waals surface area (Å²) in [5.74, 6) is 0. The Bertz CT molecular complexity index is 2710. The van der Waals surface area contributed by atoms with E-state index in [9.17, 15) is 0 Å². The van der Waals surface area contributed by atoms with E-state index in [-0.39, 0.29) is 10.8 Å². The number of fused-ring (bicyclic) bond motifs is 7. The van der Waals surface area contributed by atoms with E-state index in [1.165, 1.54) is 77.5 Å². The van der Waals surface area contributed by atoms with E-state index in [1.807, 2.05) is 0 Å². The van der Waals surface area contributed by atoms with Gasteiger partial charge >= 0.3 is 0 Å². The molecule has 0 heterocycles. The number of hydrogen-bond acceptors (Lipinski definition) is 1. The second-order valence-corrected chi connectivity index (χ2v) is 15.8. The molecule has 0 amide bonds. The van der Waals surface area contributed by atoms with E-state index < -0.39 is 0 Å². The van der Waals surface area contributed by atoms with E-state index in [0.29, 0.717) is 0 Å². The summed E-state index contributed by atoms with van der Waals surface area (Å²) in [6, 6.07) is 65.2. The maximum absolute atomic E-state index is 2.41. The van der Waals surface area contributed by atoms with Crippen LogP contribution in [0.1, 0.15) is 49.9 Å². The van der Waals surface area contributed by atoms with Crippen molar-refractivity contribution in [2.24, 2.45) is 0 Å². The maximum Gasteiger partial charge on any atom is 0.0540 e. The van der Waals surface area contributed by atoms with Crippen molar-refractivity contribution in [2.75, 3.05) is 4.90 Å². The Morgan fingerprint density at radius 3 is 1.60 bits per heavy atom. The van der Waals surface area contributed by atoms with E-state index in [0.717, 1.165) is 17.1 Å². The summed E-state index contributed by atoms with van der Waals surface area (Å²) < 4.78 is 0. The molecule has 1 nitrogen and oxygen atoms in total. The van der Waals surface area contributed by atoms with Crippen LogP contribution in [0.2, 0.25) is 0 Å². The average molecular weight is 680 g/mol. The van der Waals surface area contributed by atoms with Crippen LogP contribution < -0.4 is 4.90 Å². The lowest BCUT2D eigenvalue weighted by atomic mass is 9.79. The molecule has 0 saturated heterocycles. The third kappa shape index (κ3) is 4.77. The normalized spacial score (nSPS) is 14.3. The van der Waals surface area contributed by atoms with Gasteiger partial charge in [-0.2, -0.15) is 0 Å². The number of anilines is 3. The maximum atomic E-state index is 2.41. The summed E-state index contributed by atoms with van der Waals surface area (Å²) in [4.78, 5) is 2.41. The Balaban J connectivity index is 1.06. The average Bonchev–Trinajstić information content (AvgIpc) is 3.58. The minimum Gasteiger partial charge on any atom is -0.310 e. The predicted octanol–water partition coefficient (Wildman–Crippen LogP) is 14.3. The highest BCUT2D eigenvalue weighted by atomic mass is 15.1. The van der Waals surface area contributed by atoms with E-state index >= 15 is 0 Å². The molecule has 8 aromatic rings. The zero-order chi connectivity index (χ0) is 35.9. The first-order valence-electron chi connectivity index (χ1n) is 18.8. The molecule has 0 unspecified atom stereocenters. The Morgan fingerprint density at radius 1 is 0.358 bits per heavy atom. The van der Waals surface area contributed by atoms with E-state index in [4.69, 9.17) is 0 Å². The van der Waals surface area contributed by atoms with Crippen molar-refractivity contribution >= 4 is 27.8 Å². The monoisotopic (exact) mass is 679 g/mol. The lowest BCUT2D eigenvalue weighted by Gasteiger charge is -2.28. The molecule has 0 aliphatic heterocycles. The molecule has 0 saturated carbocycles. The Hall–Kier alpha value is -6.18. The van der Waals surface area contributed by atoms with Crippen LogP contribution in [0.4, 0.5) is 17.1 Å². The summed E-state index contributed by atoms with van der Waals surface area (Å²) in [5.41, 5.74) is 19.4. The van der Waals surface area contributed by atoms with Crippen LogP contribution in [0, 0.1) is 0 Å². The SMILES string of the molecule is CC1(C)c2ccccc2-c2cc(-c3ccc(N(c4ccc(-c5cccc6c5C(C)(C)c5ccccc5-6)cc4)c4cccc5ccccc45)cc3)ccc21. The smallest absolute Gasteiger partial charge is 0.0540 e. The first-order chi connectivity index (χ1) is 25.8. The molecule has 0 atom stereocenters. The van der Waals surface area contributed by atoms with Gasteiger partial charge in [0.25, 0.3) is 0 Å².